The van der Waals surface area contributed by atoms with Crippen molar-refractivity contribution >= 4 is 23.2 Å². The molecule has 4 nitrogen and oxygen atoms in total. The zero-order valence-electron chi connectivity index (χ0n) is 15.9. The molecule has 10 heteroatoms. The Bertz CT molecular complexity index is 626. The summed E-state index contributed by atoms with van der Waals surface area (Å²) in [5, 5.41) is 0. The number of carbonyl (C=O) groups excluding carboxylic acids is 2. The zero-order chi connectivity index (χ0) is 21.9. The normalized spacial score (nSPS) is 14.4. The van der Waals surface area contributed by atoms with Crippen LogP contribution in [-0.4, -0.2) is 36.3 Å². The van der Waals surface area contributed by atoms with Gasteiger partial charge in [-0.05, 0) is 51.0 Å². The molecule has 1 aromatic rings. The molecule has 0 aliphatic carbocycles. The molecule has 0 aromatic heterocycles. The van der Waals surface area contributed by atoms with Crippen LogP contribution in [0.3, 0.4) is 0 Å². The van der Waals surface area contributed by atoms with Crippen molar-refractivity contribution in [3.05, 3.63) is 24.3 Å². The summed E-state index contributed by atoms with van der Waals surface area (Å²) in [5.74, 6) is -4.14. The van der Waals surface area contributed by atoms with Crippen molar-refractivity contribution in [1.82, 2.24) is 0 Å². The first-order valence-electron chi connectivity index (χ1n) is 8.66. The van der Waals surface area contributed by atoms with Gasteiger partial charge in [0.05, 0.1) is 0 Å². The lowest BCUT2D eigenvalue weighted by molar-refractivity contribution is -0.171. The van der Waals surface area contributed by atoms with E-state index in [1.165, 1.54) is 13.8 Å². The maximum absolute atomic E-state index is 12.9. The molecule has 2 atom stereocenters. The summed E-state index contributed by atoms with van der Waals surface area (Å²) in [4.78, 5) is 24.6. The van der Waals surface area contributed by atoms with Crippen LogP contribution >= 0.6 is 0 Å². The van der Waals surface area contributed by atoms with E-state index in [1.807, 2.05) is 0 Å². The molecule has 2 unspecified atom stereocenters. The van der Waals surface area contributed by atoms with Crippen molar-refractivity contribution in [2.45, 2.75) is 65.0 Å². The smallest absolute Gasteiger partial charge is 0.302 e. The van der Waals surface area contributed by atoms with Crippen LogP contribution in [0.4, 0.5) is 37.7 Å². The van der Waals surface area contributed by atoms with Gasteiger partial charge in [0.1, 0.15) is 0 Å². The number of hydrogen-bond acceptors (Lipinski definition) is 2. The highest BCUT2D eigenvalue weighted by Gasteiger charge is 2.45. The van der Waals surface area contributed by atoms with Crippen molar-refractivity contribution in [3.8, 4) is 0 Å². The summed E-state index contributed by atoms with van der Waals surface area (Å²) in [6.45, 7) is 6.05. The molecule has 0 spiro atoms. The number of anilines is 2. The van der Waals surface area contributed by atoms with Gasteiger partial charge < -0.3 is 9.80 Å². The summed E-state index contributed by atoms with van der Waals surface area (Å²) in [6.07, 6.45) is -9.74. The highest BCUT2D eigenvalue weighted by Crippen LogP contribution is 2.31. The van der Waals surface area contributed by atoms with E-state index < -0.39 is 36.3 Å². The average Bonchev–Trinajstić information content (AvgIpc) is 2.61. The van der Waals surface area contributed by atoms with Crippen molar-refractivity contribution in [2.75, 3.05) is 9.80 Å². The van der Waals surface area contributed by atoms with E-state index in [2.05, 4.69) is 0 Å². The second kappa shape index (κ2) is 8.83. The Labute approximate surface area is 159 Å². The van der Waals surface area contributed by atoms with Gasteiger partial charge in [-0.1, -0.05) is 13.8 Å². The molecule has 1 rings (SSSR count). The fourth-order valence-electron chi connectivity index (χ4n) is 2.56. The number of nitrogens with zero attached hydrogens (tertiary/aromatic N) is 2. The minimum absolute atomic E-state index is 0.121. The third-order valence-corrected chi connectivity index (χ3v) is 4.39. The van der Waals surface area contributed by atoms with Crippen LogP contribution in [-0.2, 0) is 9.59 Å². The van der Waals surface area contributed by atoms with E-state index in [1.54, 1.807) is 13.8 Å². The number of hydrogen-bond donors (Lipinski definition) is 0. The first kappa shape index (κ1) is 23.8. The molecular formula is C18H22F6N2O2. The summed E-state index contributed by atoms with van der Waals surface area (Å²) in [5.41, 5.74) is -0.243. The van der Waals surface area contributed by atoms with Gasteiger partial charge in [0.15, 0.2) is 0 Å². The predicted octanol–water partition coefficient (Wildman–Crippen LogP) is 5.07. The van der Waals surface area contributed by atoms with Gasteiger partial charge in [-0.3, -0.25) is 9.59 Å². The van der Waals surface area contributed by atoms with Crippen LogP contribution < -0.4 is 9.80 Å². The monoisotopic (exact) mass is 412 g/mol. The van der Waals surface area contributed by atoms with E-state index in [-0.39, 0.29) is 24.2 Å². The van der Waals surface area contributed by atoms with E-state index in [4.69, 9.17) is 0 Å². The number of rotatable bonds is 6. The van der Waals surface area contributed by atoms with Crippen LogP contribution in [0.25, 0.3) is 0 Å². The highest BCUT2D eigenvalue weighted by molar-refractivity contribution is 5.99. The summed E-state index contributed by atoms with van der Waals surface area (Å²) in [6, 6.07) is 2.83. The number of benzene rings is 1. The Balaban J connectivity index is 3.35. The fraction of sp³-hybridized carbons (Fsp3) is 0.556. The SMILES string of the molecule is CCC(C)N(C(=O)C(F)(F)F)c1ccc(N(C(=O)C(F)(F)F)C(C)CC)cc1. The van der Waals surface area contributed by atoms with Crippen molar-refractivity contribution in [2.24, 2.45) is 0 Å². The van der Waals surface area contributed by atoms with Gasteiger partial charge in [-0.25, -0.2) is 0 Å². The minimum Gasteiger partial charge on any atom is -0.302 e. The van der Waals surface area contributed by atoms with Gasteiger partial charge in [0, 0.05) is 23.5 Å². The average molecular weight is 412 g/mol. The molecule has 0 radical (unpaired) electrons. The molecular weight excluding hydrogens is 390 g/mol. The summed E-state index contributed by atoms with van der Waals surface area (Å²) in [7, 11) is 0. The molecule has 0 fully saturated rings. The molecule has 0 aliphatic rings. The number of carbonyl (C=O) groups is 2. The van der Waals surface area contributed by atoms with Gasteiger partial charge >= 0.3 is 24.2 Å². The maximum atomic E-state index is 12.9. The van der Waals surface area contributed by atoms with E-state index in [0.29, 0.717) is 9.80 Å². The molecule has 0 N–H and O–H groups in total. The Morgan fingerprint density at radius 2 is 1.00 bits per heavy atom. The number of alkyl halides is 6. The van der Waals surface area contributed by atoms with Crippen molar-refractivity contribution < 1.29 is 35.9 Å². The lowest BCUT2D eigenvalue weighted by Gasteiger charge is -2.31. The van der Waals surface area contributed by atoms with E-state index in [0.717, 1.165) is 24.3 Å². The minimum atomic E-state index is -5.10. The molecule has 0 bridgehead atoms. The van der Waals surface area contributed by atoms with Crippen molar-refractivity contribution in [1.29, 1.82) is 0 Å². The quantitative estimate of drug-likeness (QED) is 0.612. The van der Waals surface area contributed by atoms with E-state index in [9.17, 15) is 35.9 Å². The second-order valence-corrected chi connectivity index (χ2v) is 6.38. The van der Waals surface area contributed by atoms with Crippen LogP contribution in [0.2, 0.25) is 0 Å². The van der Waals surface area contributed by atoms with Gasteiger partial charge in [0.25, 0.3) is 0 Å². The second-order valence-electron chi connectivity index (χ2n) is 6.38. The van der Waals surface area contributed by atoms with Gasteiger partial charge in [0.2, 0.25) is 0 Å². The van der Waals surface area contributed by atoms with Crippen LogP contribution in [0.15, 0.2) is 24.3 Å². The molecule has 0 heterocycles. The highest BCUT2D eigenvalue weighted by atomic mass is 19.4. The topological polar surface area (TPSA) is 40.6 Å². The molecule has 1 aromatic carbocycles. The zero-order valence-corrected chi connectivity index (χ0v) is 15.9. The fourth-order valence-corrected chi connectivity index (χ4v) is 2.56. The molecule has 2 amide bonds. The predicted molar refractivity (Wildman–Crippen MR) is 93.0 cm³/mol. The summed E-state index contributed by atoms with van der Waals surface area (Å²) >= 11 is 0. The van der Waals surface area contributed by atoms with E-state index >= 15 is 0 Å². The van der Waals surface area contributed by atoms with Gasteiger partial charge in [-0.2, -0.15) is 26.3 Å². The van der Waals surface area contributed by atoms with Crippen LogP contribution in [0, 0.1) is 0 Å². The number of halogens is 6. The standard InChI is InChI=1S/C18H22F6N2O2/c1-5-11(3)25(15(27)17(19,20)21)13-7-9-14(10-8-13)26(12(4)6-2)16(28)18(22,23)24/h7-12H,5-6H2,1-4H3. The first-order chi connectivity index (χ1) is 12.8. The third-order valence-electron chi connectivity index (χ3n) is 4.39. The van der Waals surface area contributed by atoms with Crippen LogP contribution in [0.1, 0.15) is 40.5 Å². The lowest BCUT2D eigenvalue weighted by atomic mass is 10.1. The Morgan fingerprint density at radius 1 is 0.750 bits per heavy atom. The van der Waals surface area contributed by atoms with Gasteiger partial charge in [-0.15, -0.1) is 0 Å². The summed E-state index contributed by atoms with van der Waals surface area (Å²) < 4.78 is 77.5. The molecule has 0 aliphatic heterocycles. The van der Waals surface area contributed by atoms with Crippen molar-refractivity contribution in [3.63, 3.8) is 0 Å². The lowest BCUT2D eigenvalue weighted by Crippen LogP contribution is -2.47. The Kier molecular flexibility index (Phi) is 7.50. The number of amides is 2. The largest absolute Gasteiger partial charge is 0.471 e. The third kappa shape index (κ3) is 5.39. The molecule has 0 saturated carbocycles. The Hall–Kier alpha value is -2.26. The van der Waals surface area contributed by atoms with Crippen LogP contribution in [0.5, 0.6) is 0 Å². The molecule has 0 saturated heterocycles. The first-order valence-corrected chi connectivity index (χ1v) is 8.66. The Morgan fingerprint density at radius 3 is 1.18 bits per heavy atom. The molecule has 28 heavy (non-hydrogen) atoms. The molecule has 158 valence electrons. The maximum Gasteiger partial charge on any atom is 0.471 e.